The van der Waals surface area contributed by atoms with Crippen molar-refractivity contribution in [3.05, 3.63) is 54.7 Å². The third-order valence-corrected chi connectivity index (χ3v) is 4.92. The van der Waals surface area contributed by atoms with E-state index in [2.05, 4.69) is 25.1 Å². The first-order valence-electron chi connectivity index (χ1n) is 8.74. The molecule has 0 spiro atoms. The summed E-state index contributed by atoms with van der Waals surface area (Å²) in [5.41, 5.74) is 4.09. The predicted molar refractivity (Wildman–Crippen MR) is 95.6 cm³/mol. The van der Waals surface area contributed by atoms with Crippen molar-refractivity contribution in [2.75, 3.05) is 0 Å². The monoisotopic (exact) mass is 366 g/mol. The number of alkyl halides is 2. The number of aromatic amines is 1. The van der Waals surface area contributed by atoms with Gasteiger partial charge in [0.25, 0.3) is 0 Å². The van der Waals surface area contributed by atoms with Crippen molar-refractivity contribution < 1.29 is 8.78 Å². The highest BCUT2D eigenvalue weighted by Gasteiger charge is 2.45. The SMILES string of the molecule is FC1(F)CC(Cc2cnc3c(ccn3-c3cccc(-c4ncn[nH]4)c3)n2)C1. The van der Waals surface area contributed by atoms with Gasteiger partial charge in [-0.05, 0) is 30.5 Å². The van der Waals surface area contributed by atoms with E-state index in [0.29, 0.717) is 12.2 Å². The Bertz CT molecular complexity index is 1090. The number of rotatable bonds is 4. The zero-order valence-corrected chi connectivity index (χ0v) is 14.3. The molecule has 1 fully saturated rings. The summed E-state index contributed by atoms with van der Waals surface area (Å²) in [4.78, 5) is 13.3. The minimum Gasteiger partial charge on any atom is -0.300 e. The van der Waals surface area contributed by atoms with Crippen molar-refractivity contribution in [1.29, 1.82) is 0 Å². The molecule has 6 nitrogen and oxygen atoms in total. The van der Waals surface area contributed by atoms with Crippen molar-refractivity contribution in [1.82, 2.24) is 29.7 Å². The van der Waals surface area contributed by atoms with Gasteiger partial charge in [0.15, 0.2) is 11.5 Å². The van der Waals surface area contributed by atoms with E-state index < -0.39 is 5.92 Å². The summed E-state index contributed by atoms with van der Waals surface area (Å²) in [5.74, 6) is -1.81. The van der Waals surface area contributed by atoms with Gasteiger partial charge in [0, 0.05) is 30.3 Å². The standard InChI is InChI=1S/C19H16F2N6/c20-19(21)8-12(9-19)6-14-10-22-18-16(25-14)4-5-27(18)15-3-1-2-13(7-15)17-23-11-24-26-17/h1-5,7,10-12H,6,8-9H2,(H,23,24,26). The number of nitrogens with zero attached hydrogens (tertiary/aromatic N) is 5. The van der Waals surface area contributed by atoms with Gasteiger partial charge in [-0.15, -0.1) is 0 Å². The lowest BCUT2D eigenvalue weighted by Gasteiger charge is -2.34. The van der Waals surface area contributed by atoms with Crippen LogP contribution in [0.2, 0.25) is 0 Å². The van der Waals surface area contributed by atoms with Crippen LogP contribution in [-0.2, 0) is 6.42 Å². The predicted octanol–water partition coefficient (Wildman–Crippen LogP) is 3.79. The molecular weight excluding hydrogens is 350 g/mol. The Morgan fingerprint density at radius 1 is 1.19 bits per heavy atom. The van der Waals surface area contributed by atoms with Crippen LogP contribution in [0.15, 0.2) is 49.1 Å². The van der Waals surface area contributed by atoms with E-state index in [4.69, 9.17) is 0 Å². The van der Waals surface area contributed by atoms with Gasteiger partial charge in [-0.1, -0.05) is 12.1 Å². The second kappa shape index (κ2) is 5.94. The Hall–Kier alpha value is -3.16. The van der Waals surface area contributed by atoms with Crippen LogP contribution < -0.4 is 0 Å². The normalized spacial score (nSPS) is 16.5. The number of aromatic nitrogens is 6. The Balaban J connectivity index is 1.44. The highest BCUT2D eigenvalue weighted by Crippen LogP contribution is 2.43. The average Bonchev–Trinajstić information content (AvgIpc) is 3.30. The Morgan fingerprint density at radius 3 is 2.85 bits per heavy atom. The number of halogens is 2. The molecule has 1 aliphatic rings. The molecule has 1 aliphatic carbocycles. The van der Waals surface area contributed by atoms with Crippen LogP contribution in [0.1, 0.15) is 18.5 Å². The summed E-state index contributed by atoms with van der Waals surface area (Å²) in [6.45, 7) is 0. The molecule has 3 heterocycles. The van der Waals surface area contributed by atoms with Gasteiger partial charge in [0.05, 0.1) is 11.9 Å². The second-order valence-electron chi connectivity index (χ2n) is 6.97. The van der Waals surface area contributed by atoms with E-state index in [0.717, 1.165) is 28.1 Å². The van der Waals surface area contributed by atoms with Gasteiger partial charge in [-0.3, -0.25) is 9.67 Å². The molecule has 27 heavy (non-hydrogen) atoms. The summed E-state index contributed by atoms with van der Waals surface area (Å²) in [5, 5.41) is 6.74. The summed E-state index contributed by atoms with van der Waals surface area (Å²) in [6.07, 6.45) is 5.51. The highest BCUT2D eigenvalue weighted by molar-refractivity contribution is 5.74. The van der Waals surface area contributed by atoms with Gasteiger partial charge < -0.3 is 0 Å². The van der Waals surface area contributed by atoms with Gasteiger partial charge in [-0.25, -0.2) is 23.7 Å². The van der Waals surface area contributed by atoms with Crippen molar-refractivity contribution in [2.24, 2.45) is 5.92 Å². The minimum absolute atomic E-state index is 0.00702. The van der Waals surface area contributed by atoms with Crippen molar-refractivity contribution >= 4 is 11.2 Å². The third kappa shape index (κ3) is 2.97. The van der Waals surface area contributed by atoms with Crippen molar-refractivity contribution in [3.8, 4) is 17.1 Å². The van der Waals surface area contributed by atoms with E-state index in [1.54, 1.807) is 6.20 Å². The average molecular weight is 366 g/mol. The molecule has 1 saturated carbocycles. The van der Waals surface area contributed by atoms with E-state index >= 15 is 0 Å². The van der Waals surface area contributed by atoms with Crippen LogP contribution in [0.4, 0.5) is 8.78 Å². The molecule has 3 aromatic heterocycles. The fourth-order valence-electron chi connectivity index (χ4n) is 3.63. The van der Waals surface area contributed by atoms with E-state index in [-0.39, 0.29) is 18.8 Å². The summed E-state index contributed by atoms with van der Waals surface area (Å²) >= 11 is 0. The Labute approximate surface area is 153 Å². The molecular formula is C19H16F2N6. The zero-order valence-electron chi connectivity index (χ0n) is 14.3. The summed E-state index contributed by atoms with van der Waals surface area (Å²) in [7, 11) is 0. The molecule has 0 radical (unpaired) electrons. The maximum Gasteiger partial charge on any atom is 0.248 e. The topological polar surface area (TPSA) is 72.3 Å². The van der Waals surface area contributed by atoms with Crippen LogP contribution in [0, 0.1) is 5.92 Å². The number of hydrogen-bond donors (Lipinski definition) is 1. The first-order chi connectivity index (χ1) is 13.1. The van der Waals surface area contributed by atoms with Gasteiger partial charge in [0.2, 0.25) is 5.92 Å². The van der Waals surface area contributed by atoms with Gasteiger partial charge >= 0.3 is 0 Å². The number of fused-ring (bicyclic) bond motifs is 1. The molecule has 136 valence electrons. The van der Waals surface area contributed by atoms with Crippen LogP contribution in [0.5, 0.6) is 0 Å². The van der Waals surface area contributed by atoms with Crippen molar-refractivity contribution in [3.63, 3.8) is 0 Å². The molecule has 8 heteroatoms. The lowest BCUT2D eigenvalue weighted by Crippen LogP contribution is -2.36. The largest absolute Gasteiger partial charge is 0.300 e. The lowest BCUT2D eigenvalue weighted by atomic mass is 9.78. The zero-order chi connectivity index (χ0) is 18.4. The van der Waals surface area contributed by atoms with Gasteiger partial charge in [0.1, 0.15) is 11.8 Å². The summed E-state index contributed by atoms with van der Waals surface area (Å²) < 4.78 is 28.0. The van der Waals surface area contributed by atoms with Gasteiger partial charge in [-0.2, -0.15) is 5.10 Å². The molecule has 5 rings (SSSR count). The van der Waals surface area contributed by atoms with E-state index in [1.807, 2.05) is 41.1 Å². The first-order valence-corrected chi connectivity index (χ1v) is 8.74. The number of H-pyrrole nitrogens is 1. The smallest absolute Gasteiger partial charge is 0.248 e. The Kier molecular flexibility index (Phi) is 3.53. The molecule has 1 aromatic carbocycles. The second-order valence-corrected chi connectivity index (χ2v) is 6.97. The molecule has 0 atom stereocenters. The number of hydrogen-bond acceptors (Lipinski definition) is 4. The molecule has 0 saturated heterocycles. The molecule has 1 N–H and O–H groups in total. The van der Waals surface area contributed by atoms with Crippen LogP contribution in [0.25, 0.3) is 28.2 Å². The van der Waals surface area contributed by atoms with E-state index in [1.165, 1.54) is 6.33 Å². The maximum atomic E-state index is 13.0. The molecule has 0 aliphatic heterocycles. The van der Waals surface area contributed by atoms with E-state index in [9.17, 15) is 8.78 Å². The fraction of sp³-hybridized carbons (Fsp3) is 0.263. The lowest BCUT2D eigenvalue weighted by molar-refractivity contribution is -0.109. The molecule has 0 bridgehead atoms. The Morgan fingerprint density at radius 2 is 2.07 bits per heavy atom. The summed E-state index contributed by atoms with van der Waals surface area (Å²) in [6, 6.07) is 9.76. The van der Waals surface area contributed by atoms with Crippen LogP contribution in [0.3, 0.4) is 0 Å². The molecule has 4 aromatic rings. The highest BCUT2D eigenvalue weighted by atomic mass is 19.3. The number of benzene rings is 1. The third-order valence-electron chi connectivity index (χ3n) is 4.92. The van der Waals surface area contributed by atoms with Crippen LogP contribution in [-0.4, -0.2) is 35.6 Å². The number of nitrogens with one attached hydrogen (secondary N) is 1. The maximum absolute atomic E-state index is 13.0. The molecule has 0 unspecified atom stereocenters. The minimum atomic E-state index is -2.50. The molecule has 0 amide bonds. The fourth-order valence-corrected chi connectivity index (χ4v) is 3.63. The van der Waals surface area contributed by atoms with Crippen molar-refractivity contribution in [2.45, 2.75) is 25.2 Å². The first kappa shape index (κ1) is 16.0. The van der Waals surface area contributed by atoms with Crippen LogP contribution >= 0.6 is 0 Å². The quantitative estimate of drug-likeness (QED) is 0.596.